The number of thiazole rings is 1. The summed E-state index contributed by atoms with van der Waals surface area (Å²) in [4.78, 5) is 18.7. The number of carbonyl (C=O) groups excluding carboxylic acids is 1. The van der Waals surface area contributed by atoms with Crippen molar-refractivity contribution in [3.8, 4) is 0 Å². The first-order chi connectivity index (χ1) is 11.2. The van der Waals surface area contributed by atoms with E-state index in [1.165, 1.54) is 12.8 Å². The first kappa shape index (κ1) is 17.5. The molecule has 1 N–H and O–H groups in total. The van der Waals surface area contributed by atoms with Crippen LogP contribution in [0.25, 0.3) is 10.2 Å². The Morgan fingerprint density at radius 3 is 2.58 bits per heavy atom. The number of hydrogen-bond donors (Lipinski definition) is 2. The lowest BCUT2D eigenvalue weighted by Crippen LogP contribution is -2.33. The highest BCUT2D eigenvalue weighted by Crippen LogP contribution is 2.38. The smallest absolute Gasteiger partial charge is 0.280 e. The minimum absolute atomic E-state index is 0.0252. The third-order valence-electron chi connectivity index (χ3n) is 4.51. The van der Waals surface area contributed by atoms with Crippen LogP contribution >= 0.6 is 24.0 Å². The quantitative estimate of drug-likeness (QED) is 0.712. The van der Waals surface area contributed by atoms with Crippen molar-refractivity contribution in [1.82, 2.24) is 4.98 Å². The Hall–Kier alpha value is -1.27. The van der Waals surface area contributed by atoms with E-state index in [9.17, 15) is 4.79 Å². The lowest BCUT2D eigenvalue weighted by Gasteiger charge is -2.33. The zero-order chi connectivity index (χ0) is 17.5. The Labute approximate surface area is 153 Å². The molecule has 24 heavy (non-hydrogen) atoms. The third kappa shape index (κ3) is 3.70. The molecule has 0 unspecified atom stereocenters. The van der Waals surface area contributed by atoms with Gasteiger partial charge in [-0.3, -0.25) is 4.79 Å². The number of nitrogens with one attached hydrogen (secondary N) is 1. The van der Waals surface area contributed by atoms with Gasteiger partial charge in [0.05, 0.1) is 26.6 Å². The van der Waals surface area contributed by atoms with Crippen LogP contribution in [0.2, 0.25) is 0 Å². The number of rotatable bonds is 2. The highest BCUT2D eigenvalue weighted by molar-refractivity contribution is 7.96. The molecule has 6 heteroatoms. The Bertz CT molecular complexity index is 755. The van der Waals surface area contributed by atoms with Gasteiger partial charge >= 0.3 is 0 Å². The van der Waals surface area contributed by atoms with E-state index in [1.54, 1.807) is 11.3 Å². The molecule has 1 saturated heterocycles. The summed E-state index contributed by atoms with van der Waals surface area (Å²) in [5.41, 5.74) is 2.93. The predicted octanol–water partition coefficient (Wildman–Crippen LogP) is 5.29. The molecule has 1 fully saturated rings. The normalized spacial score (nSPS) is 16.6. The maximum absolute atomic E-state index is 11.5. The second-order valence-corrected chi connectivity index (χ2v) is 9.14. The monoisotopic (exact) mass is 363 g/mol. The van der Waals surface area contributed by atoms with Crippen molar-refractivity contribution >= 4 is 50.8 Å². The number of thiol groups is 1. The number of nitrogens with zero attached hydrogens (tertiary/aromatic N) is 2. The highest BCUT2D eigenvalue weighted by Gasteiger charge is 2.23. The molecule has 4 nitrogen and oxygen atoms in total. The Kier molecular flexibility index (Phi) is 4.80. The molecule has 0 radical (unpaired) electrons. The molecule has 0 bridgehead atoms. The molecule has 0 aliphatic carbocycles. The number of amides is 1. The van der Waals surface area contributed by atoms with Crippen LogP contribution in [-0.4, -0.2) is 23.3 Å². The number of piperidine rings is 1. The Morgan fingerprint density at radius 2 is 2.00 bits per heavy atom. The molecule has 2 heterocycles. The molecule has 1 aliphatic heterocycles. The predicted molar refractivity (Wildman–Crippen MR) is 107 cm³/mol. The van der Waals surface area contributed by atoms with Gasteiger partial charge in [0.2, 0.25) is 0 Å². The van der Waals surface area contributed by atoms with Crippen LogP contribution in [-0.2, 0) is 5.41 Å². The zero-order valence-electron chi connectivity index (χ0n) is 14.7. The fourth-order valence-corrected chi connectivity index (χ4v) is 4.17. The van der Waals surface area contributed by atoms with Crippen molar-refractivity contribution in [1.29, 1.82) is 0 Å². The molecule has 1 amide bonds. The van der Waals surface area contributed by atoms with Gasteiger partial charge in [-0.05, 0) is 30.9 Å². The average molecular weight is 364 g/mol. The Balaban J connectivity index is 2.05. The van der Waals surface area contributed by atoms with Crippen LogP contribution in [0.5, 0.6) is 0 Å². The van der Waals surface area contributed by atoms with Gasteiger partial charge in [0.25, 0.3) is 5.24 Å². The van der Waals surface area contributed by atoms with Gasteiger partial charge in [0.1, 0.15) is 0 Å². The molecule has 2 aromatic rings. The summed E-state index contributed by atoms with van der Waals surface area (Å²) in [5.74, 6) is 0.764. The van der Waals surface area contributed by atoms with Crippen molar-refractivity contribution < 1.29 is 4.79 Å². The summed E-state index contributed by atoms with van der Waals surface area (Å²) in [6, 6.07) is 4.17. The maximum atomic E-state index is 11.5. The fourth-order valence-electron chi connectivity index (χ4n) is 3.01. The molecule has 0 saturated carbocycles. The molecule has 1 aromatic carbocycles. The van der Waals surface area contributed by atoms with Crippen LogP contribution in [0.3, 0.4) is 0 Å². The second-order valence-electron chi connectivity index (χ2n) is 7.71. The van der Waals surface area contributed by atoms with Crippen LogP contribution in [0, 0.1) is 5.92 Å². The number of carbonyl (C=O) groups is 1. The minimum atomic E-state index is -0.332. The molecule has 130 valence electrons. The summed E-state index contributed by atoms with van der Waals surface area (Å²) < 4.78 is 1.10. The van der Waals surface area contributed by atoms with E-state index in [1.807, 2.05) is 6.07 Å². The first-order valence-corrected chi connectivity index (χ1v) is 9.70. The SMILES string of the molecule is CC1CCN(c2cc3nc(C(C)(C)C)sc3cc2NC(=O)S)CC1. The molecular formula is C18H25N3OS2. The molecule has 0 atom stereocenters. The van der Waals surface area contributed by atoms with Crippen molar-refractivity contribution in [2.45, 2.75) is 46.0 Å². The fraction of sp³-hybridized carbons (Fsp3) is 0.556. The van der Waals surface area contributed by atoms with Gasteiger partial charge in [0.15, 0.2) is 0 Å². The van der Waals surface area contributed by atoms with E-state index < -0.39 is 0 Å². The molecular weight excluding hydrogens is 338 g/mol. The van der Waals surface area contributed by atoms with Crippen LogP contribution < -0.4 is 10.2 Å². The van der Waals surface area contributed by atoms with Gasteiger partial charge < -0.3 is 10.2 Å². The van der Waals surface area contributed by atoms with E-state index >= 15 is 0 Å². The summed E-state index contributed by atoms with van der Waals surface area (Å²) in [6.45, 7) is 10.8. The topological polar surface area (TPSA) is 45.2 Å². The number of anilines is 2. The summed E-state index contributed by atoms with van der Waals surface area (Å²) in [7, 11) is 0. The van der Waals surface area contributed by atoms with Crippen molar-refractivity contribution in [2.24, 2.45) is 5.92 Å². The van der Waals surface area contributed by atoms with Gasteiger partial charge in [-0.1, -0.05) is 40.3 Å². The second kappa shape index (κ2) is 6.56. The van der Waals surface area contributed by atoms with Crippen molar-refractivity contribution in [3.63, 3.8) is 0 Å². The Morgan fingerprint density at radius 1 is 1.33 bits per heavy atom. The van der Waals surface area contributed by atoms with Crippen LogP contribution in [0.15, 0.2) is 12.1 Å². The largest absolute Gasteiger partial charge is 0.370 e. The van der Waals surface area contributed by atoms with Gasteiger partial charge in [-0.15, -0.1) is 11.3 Å². The van der Waals surface area contributed by atoms with Gasteiger partial charge in [-0.2, -0.15) is 0 Å². The number of aromatic nitrogens is 1. The summed E-state index contributed by atoms with van der Waals surface area (Å²) >= 11 is 5.59. The lowest BCUT2D eigenvalue weighted by molar-refractivity contribution is 0.270. The van der Waals surface area contributed by atoms with E-state index in [0.717, 1.165) is 45.6 Å². The molecule has 1 aliphatic rings. The van der Waals surface area contributed by atoms with E-state index in [0.29, 0.717) is 0 Å². The molecule has 3 rings (SSSR count). The number of fused-ring (bicyclic) bond motifs is 1. The summed E-state index contributed by atoms with van der Waals surface area (Å²) in [6.07, 6.45) is 2.35. The maximum Gasteiger partial charge on any atom is 0.280 e. The van der Waals surface area contributed by atoms with Gasteiger partial charge in [-0.25, -0.2) is 4.98 Å². The number of hydrogen-bond acceptors (Lipinski definition) is 4. The van der Waals surface area contributed by atoms with Gasteiger partial charge in [0, 0.05) is 18.5 Å². The standard InChI is InChI=1S/C18H25N3OS2/c1-11-5-7-21(8-6-11)14-9-13-15(10-12(14)20-17(22)23)24-16(19-13)18(2,3)4/h9-11H,5-8H2,1-4H3,(H2,20,22,23). The average Bonchev–Trinajstić information content (AvgIpc) is 2.90. The number of benzene rings is 1. The molecule has 0 spiro atoms. The van der Waals surface area contributed by atoms with Crippen LogP contribution in [0.4, 0.5) is 16.2 Å². The lowest BCUT2D eigenvalue weighted by atomic mass is 9.98. The van der Waals surface area contributed by atoms with E-state index in [4.69, 9.17) is 4.98 Å². The van der Waals surface area contributed by atoms with Crippen LogP contribution in [0.1, 0.15) is 45.5 Å². The third-order valence-corrected chi connectivity index (χ3v) is 6.07. The van der Waals surface area contributed by atoms with E-state index in [-0.39, 0.29) is 10.7 Å². The zero-order valence-corrected chi connectivity index (χ0v) is 16.4. The summed E-state index contributed by atoms with van der Waals surface area (Å²) in [5, 5.41) is 3.67. The molecule has 1 aromatic heterocycles. The highest BCUT2D eigenvalue weighted by atomic mass is 32.1. The minimum Gasteiger partial charge on any atom is -0.370 e. The van der Waals surface area contributed by atoms with Crippen molar-refractivity contribution in [3.05, 3.63) is 17.1 Å². The van der Waals surface area contributed by atoms with Crippen molar-refractivity contribution in [2.75, 3.05) is 23.3 Å². The first-order valence-electron chi connectivity index (χ1n) is 8.44. The van der Waals surface area contributed by atoms with E-state index in [2.05, 4.69) is 56.6 Å².